The van der Waals surface area contributed by atoms with E-state index in [1.54, 1.807) is 0 Å². The monoisotopic (exact) mass is 440 g/mol. The molecule has 0 aromatic heterocycles. The van der Waals surface area contributed by atoms with Crippen molar-refractivity contribution in [3.63, 3.8) is 0 Å². The lowest BCUT2D eigenvalue weighted by molar-refractivity contribution is 0.279. The first-order valence-electron chi connectivity index (χ1n) is 14.1. The van der Waals surface area contributed by atoms with E-state index in [0.29, 0.717) is 6.17 Å². The summed E-state index contributed by atoms with van der Waals surface area (Å²) in [5.74, 6) is 0. The highest BCUT2D eigenvalue weighted by Gasteiger charge is 2.26. The van der Waals surface area contributed by atoms with Crippen LogP contribution in [0.25, 0.3) is 0 Å². The van der Waals surface area contributed by atoms with Gasteiger partial charge in [0.25, 0.3) is 0 Å². The van der Waals surface area contributed by atoms with Crippen LogP contribution in [0, 0.1) is 0 Å². The van der Waals surface area contributed by atoms with Crippen LogP contribution in [0.4, 0.5) is 5.69 Å². The second kappa shape index (κ2) is 18.0. The number of nitrogens with zero attached hydrogens (tertiary/aromatic N) is 2. The lowest BCUT2D eigenvalue weighted by Crippen LogP contribution is -2.39. The molecule has 182 valence electrons. The van der Waals surface area contributed by atoms with Gasteiger partial charge in [-0.15, -0.1) is 0 Å². The Bertz CT molecular complexity index is 567. The number of para-hydroxylation sites is 1. The molecule has 1 heterocycles. The summed E-state index contributed by atoms with van der Waals surface area (Å²) in [7, 11) is 0. The Balaban J connectivity index is 1.46. The second-order valence-corrected chi connectivity index (χ2v) is 9.85. The number of hydrogen-bond acceptors (Lipinski definition) is 2. The van der Waals surface area contributed by atoms with Crippen molar-refractivity contribution in [2.45, 2.75) is 136 Å². The van der Waals surface area contributed by atoms with E-state index in [4.69, 9.17) is 0 Å². The van der Waals surface area contributed by atoms with Crippen molar-refractivity contribution in [1.82, 2.24) is 4.90 Å². The van der Waals surface area contributed by atoms with Crippen LogP contribution >= 0.6 is 0 Å². The highest BCUT2D eigenvalue weighted by Crippen LogP contribution is 2.28. The lowest BCUT2D eigenvalue weighted by atomic mass is 10.0. The third kappa shape index (κ3) is 10.9. The molecular formula is C30H52N2. The standard InChI is InChI=1S/C30H52N2/c1-3-5-6-7-8-9-10-11-12-13-14-15-16-17-18-22-25-30-31(26-4-2)27-28-32(30)29-23-20-19-21-24-29/h19-21,23-24,27-28,30H,3-18,22,25-26H2,1-2H3. The molecule has 0 amide bonds. The summed E-state index contributed by atoms with van der Waals surface area (Å²) >= 11 is 0. The zero-order valence-corrected chi connectivity index (χ0v) is 21.4. The van der Waals surface area contributed by atoms with Crippen molar-refractivity contribution >= 4 is 5.69 Å². The normalized spacial score (nSPS) is 15.8. The van der Waals surface area contributed by atoms with Gasteiger partial charge >= 0.3 is 0 Å². The van der Waals surface area contributed by atoms with Gasteiger partial charge in [-0.05, 0) is 31.4 Å². The van der Waals surface area contributed by atoms with Crippen molar-refractivity contribution in [3.8, 4) is 0 Å². The zero-order valence-electron chi connectivity index (χ0n) is 21.4. The Labute approximate surface area is 200 Å². The van der Waals surface area contributed by atoms with E-state index in [1.165, 1.54) is 121 Å². The maximum absolute atomic E-state index is 2.54. The van der Waals surface area contributed by atoms with Gasteiger partial charge in [-0.2, -0.15) is 0 Å². The maximum atomic E-state index is 2.54. The summed E-state index contributed by atoms with van der Waals surface area (Å²) in [6, 6.07) is 10.9. The van der Waals surface area contributed by atoms with Gasteiger partial charge in [-0.3, -0.25) is 0 Å². The Morgan fingerprint density at radius 2 is 1.06 bits per heavy atom. The highest BCUT2D eigenvalue weighted by molar-refractivity contribution is 5.51. The first kappa shape index (κ1) is 26.8. The molecule has 32 heavy (non-hydrogen) atoms. The molecule has 0 spiro atoms. The third-order valence-corrected chi connectivity index (χ3v) is 6.97. The van der Waals surface area contributed by atoms with Crippen LogP contribution in [-0.4, -0.2) is 17.6 Å². The molecule has 2 nitrogen and oxygen atoms in total. The van der Waals surface area contributed by atoms with Gasteiger partial charge in [0.1, 0.15) is 6.17 Å². The van der Waals surface area contributed by atoms with Crippen LogP contribution in [0.3, 0.4) is 0 Å². The Morgan fingerprint density at radius 3 is 1.56 bits per heavy atom. The van der Waals surface area contributed by atoms with E-state index in [0.717, 1.165) is 6.54 Å². The first-order chi connectivity index (χ1) is 15.9. The smallest absolute Gasteiger partial charge is 0.105 e. The highest BCUT2D eigenvalue weighted by atomic mass is 15.4. The minimum absolute atomic E-state index is 0.504. The lowest BCUT2D eigenvalue weighted by Gasteiger charge is -2.33. The van der Waals surface area contributed by atoms with E-state index in [-0.39, 0.29) is 0 Å². The van der Waals surface area contributed by atoms with Crippen molar-refractivity contribution < 1.29 is 0 Å². The Morgan fingerprint density at radius 1 is 0.562 bits per heavy atom. The van der Waals surface area contributed by atoms with Crippen LogP contribution in [-0.2, 0) is 0 Å². The van der Waals surface area contributed by atoms with Gasteiger partial charge in [-0.1, -0.05) is 128 Å². The number of unbranched alkanes of at least 4 members (excludes halogenated alkanes) is 15. The van der Waals surface area contributed by atoms with E-state index in [2.05, 4.69) is 66.4 Å². The third-order valence-electron chi connectivity index (χ3n) is 6.97. The molecule has 1 unspecified atom stereocenters. The molecule has 1 aromatic carbocycles. The molecular weight excluding hydrogens is 388 g/mol. The predicted molar refractivity (Wildman–Crippen MR) is 143 cm³/mol. The van der Waals surface area contributed by atoms with E-state index < -0.39 is 0 Å². The average Bonchev–Trinajstić information content (AvgIpc) is 3.22. The first-order valence-corrected chi connectivity index (χ1v) is 14.1. The molecule has 1 atom stereocenters. The molecule has 0 radical (unpaired) electrons. The second-order valence-electron chi connectivity index (χ2n) is 9.85. The molecule has 1 aliphatic rings. The van der Waals surface area contributed by atoms with E-state index in [1.807, 2.05) is 0 Å². The van der Waals surface area contributed by atoms with Gasteiger partial charge in [0.15, 0.2) is 0 Å². The van der Waals surface area contributed by atoms with Gasteiger partial charge < -0.3 is 9.80 Å². The Kier molecular flexibility index (Phi) is 15.1. The number of benzene rings is 1. The molecule has 0 N–H and O–H groups in total. The van der Waals surface area contributed by atoms with Crippen LogP contribution < -0.4 is 4.90 Å². The molecule has 0 fully saturated rings. The zero-order chi connectivity index (χ0) is 22.7. The average molecular weight is 441 g/mol. The topological polar surface area (TPSA) is 6.48 Å². The summed E-state index contributed by atoms with van der Waals surface area (Å²) in [6.07, 6.45) is 30.5. The summed E-state index contributed by atoms with van der Waals surface area (Å²) in [6.45, 7) is 5.74. The summed E-state index contributed by atoms with van der Waals surface area (Å²) in [4.78, 5) is 5.01. The molecule has 0 saturated carbocycles. The number of anilines is 1. The quantitative estimate of drug-likeness (QED) is 0.186. The molecule has 0 bridgehead atoms. The fraction of sp³-hybridized carbons (Fsp3) is 0.733. The van der Waals surface area contributed by atoms with Gasteiger partial charge in [0.05, 0.1) is 0 Å². The van der Waals surface area contributed by atoms with Gasteiger partial charge in [0.2, 0.25) is 0 Å². The minimum Gasteiger partial charge on any atom is -0.356 e. The van der Waals surface area contributed by atoms with Crippen molar-refractivity contribution in [3.05, 3.63) is 42.7 Å². The largest absolute Gasteiger partial charge is 0.356 e. The SMILES string of the molecule is CCCCCCCCCCCCCCCCCCC1N(CCC)C=CN1c1ccccc1. The summed E-state index contributed by atoms with van der Waals surface area (Å²) in [5, 5.41) is 0. The fourth-order valence-corrected chi connectivity index (χ4v) is 5.04. The van der Waals surface area contributed by atoms with E-state index in [9.17, 15) is 0 Å². The fourth-order valence-electron chi connectivity index (χ4n) is 5.04. The number of hydrogen-bond donors (Lipinski definition) is 0. The van der Waals surface area contributed by atoms with Crippen molar-refractivity contribution in [1.29, 1.82) is 0 Å². The van der Waals surface area contributed by atoms with Gasteiger partial charge in [0, 0.05) is 24.6 Å². The molecule has 1 aromatic rings. The predicted octanol–water partition coefficient (Wildman–Crippen LogP) is 9.67. The molecule has 0 saturated heterocycles. The molecule has 2 heteroatoms. The van der Waals surface area contributed by atoms with Gasteiger partial charge in [-0.25, -0.2) is 0 Å². The van der Waals surface area contributed by atoms with Crippen LogP contribution in [0.1, 0.15) is 129 Å². The van der Waals surface area contributed by atoms with Crippen molar-refractivity contribution in [2.24, 2.45) is 0 Å². The van der Waals surface area contributed by atoms with Crippen LogP contribution in [0.2, 0.25) is 0 Å². The van der Waals surface area contributed by atoms with E-state index >= 15 is 0 Å². The van der Waals surface area contributed by atoms with Crippen molar-refractivity contribution in [2.75, 3.05) is 11.4 Å². The minimum atomic E-state index is 0.504. The van der Waals surface area contributed by atoms with Crippen LogP contribution in [0.15, 0.2) is 42.7 Å². The summed E-state index contributed by atoms with van der Waals surface area (Å²) in [5.41, 5.74) is 1.32. The molecule has 0 aliphatic carbocycles. The summed E-state index contributed by atoms with van der Waals surface area (Å²) < 4.78 is 0. The number of rotatable bonds is 20. The maximum Gasteiger partial charge on any atom is 0.105 e. The van der Waals surface area contributed by atoms with Crippen LogP contribution in [0.5, 0.6) is 0 Å². The molecule has 1 aliphatic heterocycles. The molecule has 2 rings (SSSR count). The Hall–Kier alpha value is -1.44.